The number of unbranched alkanes of at least 4 members (excludes halogenated alkanes) is 3. The van der Waals surface area contributed by atoms with Crippen molar-refractivity contribution >= 4 is 5.97 Å². The number of carbonyl (C=O) groups is 1. The molecule has 0 bridgehead atoms. The normalized spacial score (nSPS) is 11.4. The van der Waals surface area contributed by atoms with Crippen molar-refractivity contribution in [2.24, 2.45) is 0 Å². The van der Waals surface area contributed by atoms with Gasteiger partial charge in [0.2, 0.25) is 0 Å². The second-order valence-corrected chi connectivity index (χ2v) is 3.22. The summed E-state index contributed by atoms with van der Waals surface area (Å²) in [6, 6.07) is 0. The summed E-state index contributed by atoms with van der Waals surface area (Å²) in [5.74, 6) is -0.833. The molecule has 3 nitrogen and oxygen atoms in total. The second kappa shape index (κ2) is 11.4. The predicted octanol–water partition coefficient (Wildman–Crippen LogP) is 2.43. The van der Waals surface area contributed by atoms with Gasteiger partial charge >= 0.3 is 0 Å². The molecular formula is C10H22O3. The lowest BCUT2D eigenvalue weighted by Crippen LogP contribution is -1.97. The van der Waals surface area contributed by atoms with Crippen molar-refractivity contribution in [2.75, 3.05) is 0 Å². The third kappa shape index (κ3) is 34.5. The van der Waals surface area contributed by atoms with Gasteiger partial charge in [0.1, 0.15) is 0 Å². The highest BCUT2D eigenvalue weighted by molar-refractivity contribution is 5.62. The smallest absolute Gasteiger partial charge is 0.300 e. The van der Waals surface area contributed by atoms with Crippen LogP contribution in [0.4, 0.5) is 0 Å². The van der Waals surface area contributed by atoms with E-state index >= 15 is 0 Å². The Morgan fingerprint density at radius 2 is 1.77 bits per heavy atom. The van der Waals surface area contributed by atoms with Crippen molar-refractivity contribution in [3.05, 3.63) is 0 Å². The van der Waals surface area contributed by atoms with Crippen LogP contribution in [0.15, 0.2) is 0 Å². The highest BCUT2D eigenvalue weighted by Gasteiger charge is 1.93. The Labute approximate surface area is 80.8 Å². The first-order chi connectivity index (χ1) is 6.00. The van der Waals surface area contributed by atoms with Gasteiger partial charge in [0.15, 0.2) is 0 Å². The molecule has 0 spiro atoms. The molecule has 1 atom stereocenters. The van der Waals surface area contributed by atoms with E-state index in [4.69, 9.17) is 15.0 Å². The van der Waals surface area contributed by atoms with E-state index in [0.717, 1.165) is 13.3 Å². The Balaban J connectivity index is 0. The molecule has 0 fully saturated rings. The number of hydrogen-bond acceptors (Lipinski definition) is 2. The van der Waals surface area contributed by atoms with E-state index in [1.165, 1.54) is 25.7 Å². The SMILES string of the molecule is CC(=O)O.CCCCCC[C@H](C)O. The first-order valence-electron chi connectivity index (χ1n) is 4.88. The predicted molar refractivity (Wildman–Crippen MR) is 53.7 cm³/mol. The Bertz CT molecular complexity index is 107. The molecule has 0 aliphatic heterocycles. The van der Waals surface area contributed by atoms with Crippen molar-refractivity contribution in [3.8, 4) is 0 Å². The van der Waals surface area contributed by atoms with Gasteiger partial charge in [-0.05, 0) is 13.3 Å². The van der Waals surface area contributed by atoms with Crippen molar-refractivity contribution in [3.63, 3.8) is 0 Å². The van der Waals surface area contributed by atoms with E-state index in [9.17, 15) is 0 Å². The molecule has 0 aliphatic rings. The summed E-state index contributed by atoms with van der Waals surface area (Å²) in [5.41, 5.74) is 0. The van der Waals surface area contributed by atoms with Gasteiger partial charge in [-0.25, -0.2) is 0 Å². The summed E-state index contributed by atoms with van der Waals surface area (Å²) in [6.07, 6.45) is 5.93. The average Bonchev–Trinajstić information content (AvgIpc) is 1.97. The molecule has 0 amide bonds. The van der Waals surface area contributed by atoms with Crippen LogP contribution in [0, 0.1) is 0 Å². The maximum atomic E-state index is 9.00. The van der Waals surface area contributed by atoms with Gasteiger partial charge in [0.25, 0.3) is 5.97 Å². The van der Waals surface area contributed by atoms with Gasteiger partial charge < -0.3 is 10.2 Å². The Morgan fingerprint density at radius 3 is 2.08 bits per heavy atom. The minimum Gasteiger partial charge on any atom is -0.481 e. The lowest BCUT2D eigenvalue weighted by Gasteiger charge is -2.01. The zero-order valence-corrected chi connectivity index (χ0v) is 8.92. The molecule has 0 aromatic heterocycles. The summed E-state index contributed by atoms with van der Waals surface area (Å²) in [7, 11) is 0. The van der Waals surface area contributed by atoms with Crippen LogP contribution in [0.25, 0.3) is 0 Å². The minimum absolute atomic E-state index is 0.0955. The van der Waals surface area contributed by atoms with Crippen LogP contribution in [0.1, 0.15) is 52.9 Å². The molecule has 0 aromatic rings. The molecule has 2 N–H and O–H groups in total. The molecule has 0 radical (unpaired) electrons. The molecule has 3 heteroatoms. The molecular weight excluding hydrogens is 168 g/mol. The number of carboxylic acid groups (broad SMARTS) is 1. The lowest BCUT2D eigenvalue weighted by atomic mass is 10.1. The van der Waals surface area contributed by atoms with Crippen LogP contribution in [0.3, 0.4) is 0 Å². The van der Waals surface area contributed by atoms with Crippen LogP contribution in [0.2, 0.25) is 0 Å². The number of carboxylic acids is 1. The highest BCUT2D eigenvalue weighted by Crippen LogP contribution is 2.04. The van der Waals surface area contributed by atoms with E-state index in [2.05, 4.69) is 6.92 Å². The van der Waals surface area contributed by atoms with E-state index < -0.39 is 5.97 Å². The monoisotopic (exact) mass is 190 g/mol. The van der Waals surface area contributed by atoms with Crippen molar-refractivity contribution in [1.82, 2.24) is 0 Å². The van der Waals surface area contributed by atoms with Gasteiger partial charge in [-0.2, -0.15) is 0 Å². The maximum absolute atomic E-state index is 9.00. The Hall–Kier alpha value is -0.570. The van der Waals surface area contributed by atoms with Gasteiger partial charge in [-0.3, -0.25) is 4.79 Å². The molecule has 13 heavy (non-hydrogen) atoms. The molecule has 0 aliphatic carbocycles. The van der Waals surface area contributed by atoms with Crippen LogP contribution < -0.4 is 0 Å². The van der Waals surface area contributed by atoms with Gasteiger partial charge in [0.05, 0.1) is 6.10 Å². The summed E-state index contributed by atoms with van der Waals surface area (Å²) < 4.78 is 0. The van der Waals surface area contributed by atoms with Crippen LogP contribution in [-0.2, 0) is 4.79 Å². The number of aliphatic carboxylic acids is 1. The molecule has 0 rings (SSSR count). The average molecular weight is 190 g/mol. The third-order valence-corrected chi connectivity index (χ3v) is 1.48. The fraction of sp³-hybridized carbons (Fsp3) is 0.900. The summed E-state index contributed by atoms with van der Waals surface area (Å²) in [4.78, 5) is 9.00. The molecule has 0 saturated carbocycles. The van der Waals surface area contributed by atoms with Crippen LogP contribution in [-0.4, -0.2) is 22.3 Å². The summed E-state index contributed by atoms with van der Waals surface area (Å²) in [6.45, 7) is 5.13. The minimum atomic E-state index is -0.833. The zero-order valence-electron chi connectivity index (χ0n) is 8.92. The van der Waals surface area contributed by atoms with E-state index in [1.54, 1.807) is 0 Å². The molecule has 0 saturated heterocycles. The van der Waals surface area contributed by atoms with Crippen LogP contribution in [0.5, 0.6) is 0 Å². The summed E-state index contributed by atoms with van der Waals surface area (Å²) in [5, 5.41) is 16.3. The maximum Gasteiger partial charge on any atom is 0.300 e. The van der Waals surface area contributed by atoms with Crippen LogP contribution >= 0.6 is 0 Å². The molecule has 0 aromatic carbocycles. The van der Waals surface area contributed by atoms with Gasteiger partial charge in [-0.1, -0.05) is 32.6 Å². The second-order valence-electron chi connectivity index (χ2n) is 3.22. The fourth-order valence-corrected chi connectivity index (χ4v) is 0.867. The Kier molecular flexibility index (Phi) is 13.1. The molecule has 0 heterocycles. The standard InChI is InChI=1S/C8H18O.C2H4O2/c1-3-4-5-6-7-8(2)9;1-2(3)4/h8-9H,3-7H2,1-2H3;1H3,(H,3,4)/t8-;/m0./s1. The number of hydrogen-bond donors (Lipinski definition) is 2. The largest absolute Gasteiger partial charge is 0.481 e. The molecule has 0 unspecified atom stereocenters. The summed E-state index contributed by atoms with van der Waals surface area (Å²) >= 11 is 0. The van der Waals surface area contributed by atoms with Crippen molar-refractivity contribution in [1.29, 1.82) is 0 Å². The lowest BCUT2D eigenvalue weighted by molar-refractivity contribution is -0.134. The Morgan fingerprint density at radius 1 is 1.31 bits per heavy atom. The first kappa shape index (κ1) is 14.9. The van der Waals surface area contributed by atoms with Crippen molar-refractivity contribution < 1.29 is 15.0 Å². The number of aliphatic hydroxyl groups excluding tert-OH is 1. The van der Waals surface area contributed by atoms with Gasteiger partial charge in [-0.15, -0.1) is 0 Å². The molecule has 80 valence electrons. The fourth-order valence-electron chi connectivity index (χ4n) is 0.867. The van der Waals surface area contributed by atoms with E-state index in [-0.39, 0.29) is 6.10 Å². The van der Waals surface area contributed by atoms with Gasteiger partial charge in [0, 0.05) is 6.92 Å². The zero-order chi connectivity index (χ0) is 10.7. The quantitative estimate of drug-likeness (QED) is 0.654. The number of aliphatic hydroxyl groups is 1. The number of rotatable bonds is 5. The highest BCUT2D eigenvalue weighted by atomic mass is 16.4. The van der Waals surface area contributed by atoms with E-state index in [1.807, 2.05) is 6.92 Å². The first-order valence-corrected chi connectivity index (χ1v) is 4.88. The van der Waals surface area contributed by atoms with Crippen molar-refractivity contribution in [2.45, 2.75) is 59.0 Å². The van der Waals surface area contributed by atoms with E-state index in [0.29, 0.717) is 0 Å². The third-order valence-electron chi connectivity index (χ3n) is 1.48. The topological polar surface area (TPSA) is 57.5 Å².